The van der Waals surface area contributed by atoms with Crippen molar-refractivity contribution < 1.29 is 13.2 Å². The molecule has 0 radical (unpaired) electrons. The summed E-state index contributed by atoms with van der Waals surface area (Å²) in [5.41, 5.74) is 4.60. The van der Waals surface area contributed by atoms with Crippen LogP contribution in [0.25, 0.3) is 0 Å². The second-order valence-corrected chi connectivity index (χ2v) is 4.58. The van der Waals surface area contributed by atoms with Crippen LogP contribution in [0.2, 0.25) is 0 Å². The van der Waals surface area contributed by atoms with E-state index in [0.717, 1.165) is 25.0 Å². The van der Waals surface area contributed by atoms with Gasteiger partial charge in [0.2, 0.25) is 0 Å². The number of alkyl halides is 3. The molecule has 94 valence electrons. The lowest BCUT2D eigenvalue weighted by atomic mass is 9.82. The molecule has 1 aromatic rings. The van der Waals surface area contributed by atoms with Gasteiger partial charge in [-0.3, -0.25) is 0 Å². The summed E-state index contributed by atoms with van der Waals surface area (Å²) in [5.74, 6) is 0.708. The zero-order chi connectivity index (χ0) is 12.6. The lowest BCUT2D eigenvalue weighted by Crippen LogP contribution is -2.34. The van der Waals surface area contributed by atoms with Gasteiger partial charge in [-0.2, -0.15) is 13.2 Å². The Morgan fingerprint density at radius 2 is 2.00 bits per heavy atom. The number of hydrogen-bond donors (Lipinski definition) is 2. The normalized spacial score (nSPS) is 24.2. The highest BCUT2D eigenvalue weighted by Crippen LogP contribution is 2.33. The molecule has 0 unspecified atom stereocenters. The van der Waals surface area contributed by atoms with Crippen LogP contribution >= 0.6 is 0 Å². The van der Waals surface area contributed by atoms with Crippen LogP contribution in [-0.2, 0) is 6.18 Å². The average Bonchev–Trinajstić information content (AvgIpc) is 2.13. The van der Waals surface area contributed by atoms with Gasteiger partial charge in [-0.15, -0.1) is 0 Å². The Morgan fingerprint density at radius 3 is 2.53 bits per heavy atom. The second kappa shape index (κ2) is 4.09. The first-order valence-electron chi connectivity index (χ1n) is 5.46. The van der Waals surface area contributed by atoms with Crippen molar-refractivity contribution >= 4 is 11.6 Å². The van der Waals surface area contributed by atoms with E-state index in [0.29, 0.717) is 5.92 Å². The zero-order valence-electron chi connectivity index (χ0n) is 9.38. The molecule has 3 nitrogen and oxygen atoms in total. The smallest absolute Gasteiger partial charge is 0.384 e. The van der Waals surface area contributed by atoms with E-state index in [-0.39, 0.29) is 17.7 Å². The van der Waals surface area contributed by atoms with E-state index in [1.807, 2.05) is 0 Å². The van der Waals surface area contributed by atoms with Crippen LogP contribution in [0.5, 0.6) is 0 Å². The molecule has 0 aromatic carbocycles. The minimum Gasteiger partial charge on any atom is -0.384 e. The molecule has 17 heavy (non-hydrogen) atoms. The van der Waals surface area contributed by atoms with Gasteiger partial charge in [-0.25, -0.2) is 4.98 Å². The van der Waals surface area contributed by atoms with Gasteiger partial charge < -0.3 is 11.1 Å². The first-order chi connectivity index (χ1) is 7.84. The fraction of sp³-hybridized carbons (Fsp3) is 0.545. The van der Waals surface area contributed by atoms with Gasteiger partial charge in [0.1, 0.15) is 11.6 Å². The van der Waals surface area contributed by atoms with Crippen LogP contribution in [0.4, 0.5) is 24.8 Å². The molecule has 3 N–H and O–H groups in total. The number of nitrogens with two attached hydrogens (primary N) is 1. The monoisotopic (exact) mass is 245 g/mol. The van der Waals surface area contributed by atoms with Crippen molar-refractivity contribution in [1.29, 1.82) is 0 Å². The van der Waals surface area contributed by atoms with Gasteiger partial charge >= 0.3 is 6.18 Å². The molecular weight excluding hydrogens is 231 g/mol. The Balaban J connectivity index is 2.14. The molecule has 0 bridgehead atoms. The maximum atomic E-state index is 12.5. The SMILES string of the molecule is CC1CC(Nc2cc(C(F)(F)F)cc(N)n2)C1. The summed E-state index contributed by atoms with van der Waals surface area (Å²) in [7, 11) is 0. The van der Waals surface area contributed by atoms with Crippen molar-refractivity contribution in [3.63, 3.8) is 0 Å². The summed E-state index contributed by atoms with van der Waals surface area (Å²) in [6.45, 7) is 2.10. The minimum atomic E-state index is -4.39. The average molecular weight is 245 g/mol. The number of pyridine rings is 1. The summed E-state index contributed by atoms with van der Waals surface area (Å²) < 4.78 is 37.6. The molecule has 2 rings (SSSR count). The fourth-order valence-corrected chi connectivity index (χ4v) is 2.02. The first-order valence-corrected chi connectivity index (χ1v) is 5.46. The molecule has 0 spiro atoms. The standard InChI is InChI=1S/C11H14F3N3/c1-6-2-8(3-6)16-10-5-7(11(12,13)14)4-9(15)17-10/h4-6,8H,2-3H2,1H3,(H3,15,16,17). The van der Waals surface area contributed by atoms with Crippen molar-refractivity contribution in [3.8, 4) is 0 Å². The predicted molar refractivity (Wildman–Crippen MR) is 59.5 cm³/mol. The molecule has 1 aromatic heterocycles. The lowest BCUT2D eigenvalue weighted by molar-refractivity contribution is -0.137. The van der Waals surface area contributed by atoms with Crippen LogP contribution in [-0.4, -0.2) is 11.0 Å². The summed E-state index contributed by atoms with van der Waals surface area (Å²) in [5, 5.41) is 2.97. The second-order valence-electron chi connectivity index (χ2n) is 4.58. The van der Waals surface area contributed by atoms with Crippen LogP contribution in [0.3, 0.4) is 0 Å². The number of nitrogen functional groups attached to an aromatic ring is 1. The minimum absolute atomic E-state index is 0.116. The maximum Gasteiger partial charge on any atom is 0.416 e. The molecule has 0 amide bonds. The van der Waals surface area contributed by atoms with E-state index in [2.05, 4.69) is 17.2 Å². The van der Waals surface area contributed by atoms with Crippen molar-refractivity contribution in [2.75, 3.05) is 11.1 Å². The van der Waals surface area contributed by atoms with E-state index < -0.39 is 11.7 Å². The predicted octanol–water partition coefficient (Wildman–Crippen LogP) is 2.89. The number of hydrogen-bond acceptors (Lipinski definition) is 3. The van der Waals surface area contributed by atoms with E-state index in [9.17, 15) is 13.2 Å². The number of nitrogens with zero attached hydrogens (tertiary/aromatic N) is 1. The fourth-order valence-electron chi connectivity index (χ4n) is 2.02. The number of halogens is 3. The lowest BCUT2D eigenvalue weighted by Gasteiger charge is -2.33. The largest absolute Gasteiger partial charge is 0.416 e. The topological polar surface area (TPSA) is 50.9 Å². The van der Waals surface area contributed by atoms with E-state index in [4.69, 9.17) is 5.73 Å². The number of rotatable bonds is 2. The third kappa shape index (κ3) is 2.81. The van der Waals surface area contributed by atoms with Crippen molar-refractivity contribution in [2.45, 2.75) is 32.0 Å². The maximum absolute atomic E-state index is 12.5. The summed E-state index contributed by atoms with van der Waals surface area (Å²) in [4.78, 5) is 3.86. The first kappa shape index (κ1) is 12.0. The van der Waals surface area contributed by atoms with Crippen LogP contribution in [0, 0.1) is 5.92 Å². The summed E-state index contributed by atoms with van der Waals surface area (Å²) >= 11 is 0. The Kier molecular flexibility index (Phi) is 2.89. The van der Waals surface area contributed by atoms with Crippen molar-refractivity contribution in [2.24, 2.45) is 5.92 Å². The molecule has 6 heteroatoms. The van der Waals surface area contributed by atoms with Gasteiger partial charge in [0.05, 0.1) is 5.56 Å². The molecule has 1 aliphatic carbocycles. The summed E-state index contributed by atoms with van der Waals surface area (Å²) in [6.07, 6.45) is -2.48. The van der Waals surface area contributed by atoms with Gasteiger partial charge in [0.25, 0.3) is 0 Å². The van der Waals surface area contributed by atoms with Crippen molar-refractivity contribution in [1.82, 2.24) is 4.98 Å². The quantitative estimate of drug-likeness (QED) is 0.842. The van der Waals surface area contributed by atoms with Crippen LogP contribution in [0.15, 0.2) is 12.1 Å². The highest BCUT2D eigenvalue weighted by molar-refractivity contribution is 5.48. The Hall–Kier alpha value is -1.46. The van der Waals surface area contributed by atoms with Crippen LogP contribution < -0.4 is 11.1 Å². The molecule has 0 atom stereocenters. The Bertz CT molecular complexity index is 411. The highest BCUT2D eigenvalue weighted by atomic mass is 19.4. The molecule has 1 fully saturated rings. The zero-order valence-corrected chi connectivity index (χ0v) is 9.38. The highest BCUT2D eigenvalue weighted by Gasteiger charge is 2.32. The number of anilines is 2. The third-order valence-corrected chi connectivity index (χ3v) is 2.90. The molecule has 0 saturated heterocycles. The van der Waals surface area contributed by atoms with E-state index in [1.165, 1.54) is 0 Å². The Labute approximate surface area is 97.2 Å². The molecular formula is C11H14F3N3. The molecule has 0 aliphatic heterocycles. The van der Waals surface area contributed by atoms with E-state index >= 15 is 0 Å². The Morgan fingerprint density at radius 1 is 1.35 bits per heavy atom. The van der Waals surface area contributed by atoms with E-state index in [1.54, 1.807) is 0 Å². The molecule has 1 aliphatic rings. The van der Waals surface area contributed by atoms with Gasteiger partial charge in [0, 0.05) is 6.04 Å². The molecule has 1 heterocycles. The molecule has 1 saturated carbocycles. The van der Waals surface area contributed by atoms with Gasteiger partial charge in [0.15, 0.2) is 0 Å². The van der Waals surface area contributed by atoms with Gasteiger partial charge in [-0.05, 0) is 30.9 Å². The van der Waals surface area contributed by atoms with Gasteiger partial charge in [-0.1, -0.05) is 6.92 Å². The third-order valence-electron chi connectivity index (χ3n) is 2.90. The van der Waals surface area contributed by atoms with Crippen LogP contribution in [0.1, 0.15) is 25.3 Å². The number of nitrogens with one attached hydrogen (secondary N) is 1. The number of aromatic nitrogens is 1. The summed E-state index contributed by atoms with van der Waals surface area (Å²) in [6, 6.07) is 2.05. The van der Waals surface area contributed by atoms with Crippen molar-refractivity contribution in [3.05, 3.63) is 17.7 Å².